The fourth-order valence-corrected chi connectivity index (χ4v) is 6.00. The summed E-state index contributed by atoms with van der Waals surface area (Å²) >= 11 is 0. The van der Waals surface area contributed by atoms with Crippen LogP contribution in [0.25, 0.3) is 0 Å². The average Bonchev–Trinajstić information content (AvgIpc) is 3.01. The molecular formula is C33H64O12S. The van der Waals surface area contributed by atoms with Crippen molar-refractivity contribution in [1.82, 2.24) is 0 Å². The summed E-state index contributed by atoms with van der Waals surface area (Å²) < 4.78 is 58.5. The fourth-order valence-electron chi connectivity index (χ4n) is 5.49. The van der Waals surface area contributed by atoms with Crippen LogP contribution in [0.3, 0.4) is 0 Å². The molecule has 13 heteroatoms. The normalized spacial score (nSPS) is 22.6. The number of ether oxygens (including phenoxy) is 4. The lowest BCUT2D eigenvalue weighted by molar-refractivity contribution is -0.301. The zero-order valence-corrected chi connectivity index (χ0v) is 29.2. The van der Waals surface area contributed by atoms with E-state index in [-0.39, 0.29) is 19.6 Å². The largest absolute Gasteiger partial charge is 0.457 e. The van der Waals surface area contributed by atoms with E-state index < -0.39 is 59.8 Å². The maximum absolute atomic E-state index is 12.7. The Kier molecular flexibility index (Phi) is 25.3. The van der Waals surface area contributed by atoms with Crippen molar-refractivity contribution in [2.75, 3.05) is 26.4 Å². The lowest BCUT2D eigenvalue weighted by Crippen LogP contribution is -2.60. The summed E-state index contributed by atoms with van der Waals surface area (Å²) in [5.41, 5.74) is 0. The predicted molar refractivity (Wildman–Crippen MR) is 175 cm³/mol. The van der Waals surface area contributed by atoms with Crippen molar-refractivity contribution in [3.05, 3.63) is 0 Å². The van der Waals surface area contributed by atoms with E-state index in [1.807, 2.05) is 0 Å². The van der Waals surface area contributed by atoms with Gasteiger partial charge in [-0.2, -0.15) is 8.42 Å². The van der Waals surface area contributed by atoms with Crippen LogP contribution < -0.4 is 0 Å². The molecule has 4 N–H and O–H groups in total. The van der Waals surface area contributed by atoms with Gasteiger partial charge in [0.1, 0.15) is 30.5 Å². The van der Waals surface area contributed by atoms with Crippen molar-refractivity contribution in [3.8, 4) is 0 Å². The molecule has 0 aromatic rings. The Balaban J connectivity index is 2.55. The number of hydrogen-bond acceptors (Lipinski definition) is 11. The van der Waals surface area contributed by atoms with Crippen molar-refractivity contribution >= 4 is 16.4 Å². The molecule has 0 bridgehead atoms. The van der Waals surface area contributed by atoms with Gasteiger partial charge >= 0.3 is 16.4 Å². The van der Waals surface area contributed by atoms with Crippen LogP contribution in [0.5, 0.6) is 0 Å². The molecule has 1 rings (SSSR count). The van der Waals surface area contributed by atoms with Crippen LogP contribution in [-0.4, -0.2) is 97.5 Å². The quantitative estimate of drug-likeness (QED) is 0.0431. The second-order valence-corrected chi connectivity index (χ2v) is 13.5. The predicted octanol–water partition coefficient (Wildman–Crippen LogP) is 5.40. The zero-order chi connectivity index (χ0) is 34.0. The fraction of sp³-hybridized carbons (Fsp3) is 0.970. The van der Waals surface area contributed by atoms with E-state index in [1.165, 1.54) is 77.0 Å². The first-order valence-corrected chi connectivity index (χ1v) is 19.2. The van der Waals surface area contributed by atoms with Crippen LogP contribution in [0.15, 0.2) is 0 Å². The van der Waals surface area contributed by atoms with Crippen LogP contribution in [0.1, 0.15) is 142 Å². The minimum absolute atomic E-state index is 0.0420. The second-order valence-electron chi connectivity index (χ2n) is 12.5. The number of carbonyl (C=O) groups excluding carboxylic acids is 1. The summed E-state index contributed by atoms with van der Waals surface area (Å²) in [6.45, 7) is 3.93. The van der Waals surface area contributed by atoms with Gasteiger partial charge in [-0.05, 0) is 12.8 Å². The molecule has 46 heavy (non-hydrogen) atoms. The third-order valence-electron chi connectivity index (χ3n) is 8.23. The van der Waals surface area contributed by atoms with Crippen LogP contribution >= 0.6 is 0 Å². The molecule has 1 heterocycles. The lowest BCUT2D eigenvalue weighted by atomic mass is 9.99. The number of aliphatic hydroxyl groups excluding tert-OH is 3. The Morgan fingerprint density at radius 1 is 0.739 bits per heavy atom. The van der Waals surface area contributed by atoms with E-state index in [9.17, 15) is 28.5 Å². The molecule has 0 saturated carbocycles. The summed E-state index contributed by atoms with van der Waals surface area (Å²) in [4.78, 5) is 12.7. The first kappa shape index (κ1) is 43.1. The standard InChI is InChI=1S/C33H64O12S/c1-3-5-7-9-11-13-14-15-16-18-20-22-29(35)43-27(25-41-23-21-19-17-12-10-8-6-4-2)26-42-33-31(37)32(45-46(38,39)40)30(36)28(24-34)44-33/h27-28,30-34,36-37H,3-26H2,1-2H3,(H,38,39,40). The molecule has 1 fully saturated rings. The molecular weight excluding hydrogens is 620 g/mol. The summed E-state index contributed by atoms with van der Waals surface area (Å²) in [6.07, 6.45) is 13.1. The van der Waals surface area contributed by atoms with Crippen molar-refractivity contribution in [2.24, 2.45) is 0 Å². The Hall–Kier alpha value is -0.900. The van der Waals surface area contributed by atoms with Crippen molar-refractivity contribution in [3.63, 3.8) is 0 Å². The summed E-state index contributed by atoms with van der Waals surface area (Å²) in [6, 6.07) is 0. The van der Waals surface area contributed by atoms with Gasteiger partial charge in [0.2, 0.25) is 0 Å². The maximum Gasteiger partial charge on any atom is 0.397 e. The summed E-state index contributed by atoms with van der Waals surface area (Å²) in [5.74, 6) is -0.401. The van der Waals surface area contributed by atoms with E-state index >= 15 is 0 Å². The monoisotopic (exact) mass is 684 g/mol. The Morgan fingerprint density at radius 3 is 1.74 bits per heavy atom. The van der Waals surface area contributed by atoms with E-state index in [0.29, 0.717) is 13.0 Å². The van der Waals surface area contributed by atoms with E-state index in [4.69, 9.17) is 23.5 Å². The molecule has 0 aromatic carbocycles. The highest BCUT2D eigenvalue weighted by molar-refractivity contribution is 7.80. The molecule has 0 radical (unpaired) electrons. The van der Waals surface area contributed by atoms with Crippen LogP contribution in [0, 0.1) is 0 Å². The number of carbonyl (C=O) groups is 1. The third kappa shape index (κ3) is 21.1. The Bertz CT molecular complexity index is 842. The molecule has 6 atom stereocenters. The van der Waals surface area contributed by atoms with Gasteiger partial charge in [0.25, 0.3) is 0 Å². The number of esters is 1. The highest BCUT2D eigenvalue weighted by Gasteiger charge is 2.48. The average molecular weight is 685 g/mol. The van der Waals surface area contributed by atoms with Gasteiger partial charge in [0.15, 0.2) is 6.29 Å². The Labute approximate surface area is 277 Å². The van der Waals surface area contributed by atoms with Gasteiger partial charge in [-0.1, -0.05) is 123 Å². The lowest BCUT2D eigenvalue weighted by Gasteiger charge is -2.41. The Morgan fingerprint density at radius 2 is 1.24 bits per heavy atom. The zero-order valence-electron chi connectivity index (χ0n) is 28.4. The summed E-state index contributed by atoms with van der Waals surface area (Å²) in [5, 5.41) is 30.4. The second kappa shape index (κ2) is 27.0. The number of unbranched alkanes of at least 4 members (excludes halogenated alkanes) is 17. The first-order valence-electron chi connectivity index (χ1n) is 17.8. The van der Waals surface area contributed by atoms with Crippen LogP contribution in [-0.2, 0) is 38.3 Å². The van der Waals surface area contributed by atoms with E-state index in [0.717, 1.165) is 38.5 Å². The molecule has 1 aliphatic rings. The maximum atomic E-state index is 12.7. The van der Waals surface area contributed by atoms with Crippen LogP contribution in [0.2, 0.25) is 0 Å². The molecule has 0 aromatic heterocycles. The van der Waals surface area contributed by atoms with E-state index in [2.05, 4.69) is 18.0 Å². The molecule has 1 aliphatic heterocycles. The molecule has 274 valence electrons. The topological polar surface area (TPSA) is 178 Å². The molecule has 1 saturated heterocycles. The van der Waals surface area contributed by atoms with Gasteiger partial charge in [-0.25, -0.2) is 4.18 Å². The third-order valence-corrected chi connectivity index (χ3v) is 8.69. The molecule has 0 amide bonds. The molecule has 0 aliphatic carbocycles. The molecule has 6 unspecified atom stereocenters. The summed E-state index contributed by atoms with van der Waals surface area (Å²) in [7, 11) is -5.04. The minimum atomic E-state index is -5.04. The van der Waals surface area contributed by atoms with Gasteiger partial charge in [-0.15, -0.1) is 0 Å². The van der Waals surface area contributed by atoms with Gasteiger partial charge < -0.3 is 34.3 Å². The SMILES string of the molecule is CCCCCCCCCCCCCC(=O)OC(COCCCCCCCCCC)COC1OC(CO)C(O)C(OS(=O)(=O)O)C1O. The molecule has 0 spiro atoms. The smallest absolute Gasteiger partial charge is 0.397 e. The van der Waals surface area contributed by atoms with Crippen molar-refractivity contribution in [2.45, 2.75) is 179 Å². The van der Waals surface area contributed by atoms with Crippen molar-refractivity contribution < 1.29 is 56.2 Å². The number of aliphatic hydroxyl groups is 3. The highest BCUT2D eigenvalue weighted by atomic mass is 32.3. The van der Waals surface area contributed by atoms with E-state index in [1.54, 1.807) is 0 Å². The van der Waals surface area contributed by atoms with Gasteiger partial charge in [-0.3, -0.25) is 9.35 Å². The number of rotatable bonds is 30. The number of hydrogen-bond donors (Lipinski definition) is 4. The minimum Gasteiger partial charge on any atom is -0.457 e. The molecule has 12 nitrogen and oxygen atoms in total. The highest BCUT2D eigenvalue weighted by Crippen LogP contribution is 2.26. The van der Waals surface area contributed by atoms with Crippen molar-refractivity contribution in [1.29, 1.82) is 0 Å². The first-order chi connectivity index (χ1) is 22.1. The van der Waals surface area contributed by atoms with Gasteiger partial charge in [0.05, 0.1) is 19.8 Å². The van der Waals surface area contributed by atoms with Crippen LogP contribution in [0.4, 0.5) is 0 Å². The van der Waals surface area contributed by atoms with Gasteiger partial charge in [0, 0.05) is 13.0 Å².